The molecule has 2 nitrogen and oxygen atoms in total. The minimum absolute atomic E-state index is 0.128. The van der Waals surface area contributed by atoms with Gasteiger partial charge in [0, 0.05) is 11.6 Å². The maximum atomic E-state index is 13.8. The number of hydroxylamine groups is 1. The molecule has 1 aliphatic heterocycles. The van der Waals surface area contributed by atoms with Gasteiger partial charge in [-0.15, -0.1) is 0 Å². The van der Waals surface area contributed by atoms with Gasteiger partial charge in [-0.05, 0) is 35.7 Å². The molecule has 4 heteroatoms. The Hall–Kier alpha value is -1.78. The highest BCUT2D eigenvalue weighted by molar-refractivity contribution is 5.65. The molecule has 1 heterocycles. The second kappa shape index (κ2) is 5.07. The van der Waals surface area contributed by atoms with E-state index >= 15 is 0 Å². The summed E-state index contributed by atoms with van der Waals surface area (Å²) in [4.78, 5) is 5.12. The van der Waals surface area contributed by atoms with Gasteiger partial charge >= 0.3 is 0 Å². The average molecular weight is 261 g/mol. The van der Waals surface area contributed by atoms with Crippen molar-refractivity contribution in [3.8, 4) is 11.1 Å². The van der Waals surface area contributed by atoms with E-state index in [1.165, 1.54) is 12.1 Å². The van der Waals surface area contributed by atoms with E-state index in [9.17, 15) is 8.78 Å². The average Bonchev–Trinajstić information content (AvgIpc) is 2.93. The normalized spacial score (nSPS) is 18.7. The summed E-state index contributed by atoms with van der Waals surface area (Å²) in [7, 11) is 0. The van der Waals surface area contributed by atoms with Crippen LogP contribution in [0.4, 0.5) is 8.78 Å². The van der Waals surface area contributed by atoms with Crippen LogP contribution in [0.5, 0.6) is 0 Å². The van der Waals surface area contributed by atoms with Crippen LogP contribution >= 0.6 is 0 Å². The highest BCUT2D eigenvalue weighted by Gasteiger charge is 2.17. The van der Waals surface area contributed by atoms with Crippen molar-refractivity contribution in [3.63, 3.8) is 0 Å². The smallest absolute Gasteiger partial charge is 0.133 e. The fourth-order valence-corrected chi connectivity index (χ4v) is 2.28. The lowest BCUT2D eigenvalue weighted by Crippen LogP contribution is -2.11. The quantitative estimate of drug-likeness (QED) is 0.891. The van der Waals surface area contributed by atoms with Gasteiger partial charge in [0.15, 0.2) is 0 Å². The zero-order valence-electron chi connectivity index (χ0n) is 10.2. The SMILES string of the molecule is Fc1ccc(-c2cccc([C@H]3CCON3)c2)c(F)c1. The number of hydrogen-bond acceptors (Lipinski definition) is 2. The van der Waals surface area contributed by atoms with Crippen molar-refractivity contribution in [3.05, 3.63) is 59.7 Å². The first-order valence-corrected chi connectivity index (χ1v) is 6.17. The first kappa shape index (κ1) is 12.3. The van der Waals surface area contributed by atoms with Gasteiger partial charge in [-0.2, -0.15) is 5.48 Å². The highest BCUT2D eigenvalue weighted by atomic mass is 19.1. The van der Waals surface area contributed by atoms with E-state index in [2.05, 4.69) is 5.48 Å². The molecule has 1 atom stereocenters. The molecule has 0 aliphatic carbocycles. The van der Waals surface area contributed by atoms with Gasteiger partial charge < -0.3 is 4.84 Å². The third-order valence-electron chi connectivity index (χ3n) is 3.27. The predicted molar refractivity (Wildman–Crippen MR) is 68.2 cm³/mol. The molecular formula is C15H13F2NO. The van der Waals surface area contributed by atoms with E-state index < -0.39 is 11.6 Å². The third kappa shape index (κ3) is 2.50. The van der Waals surface area contributed by atoms with Crippen molar-refractivity contribution in [1.29, 1.82) is 0 Å². The second-order valence-corrected chi connectivity index (χ2v) is 4.56. The molecule has 0 spiro atoms. The Balaban J connectivity index is 1.98. The molecule has 0 radical (unpaired) electrons. The summed E-state index contributed by atoms with van der Waals surface area (Å²) >= 11 is 0. The Morgan fingerprint density at radius 3 is 2.74 bits per heavy atom. The second-order valence-electron chi connectivity index (χ2n) is 4.56. The van der Waals surface area contributed by atoms with Gasteiger partial charge in [-0.25, -0.2) is 8.78 Å². The summed E-state index contributed by atoms with van der Waals surface area (Å²) in [5.74, 6) is -1.11. The summed E-state index contributed by atoms with van der Waals surface area (Å²) in [6.07, 6.45) is 0.884. The van der Waals surface area contributed by atoms with Crippen molar-refractivity contribution in [2.75, 3.05) is 6.61 Å². The number of halogens is 2. The number of rotatable bonds is 2. The van der Waals surface area contributed by atoms with Crippen LogP contribution in [0.3, 0.4) is 0 Å². The maximum absolute atomic E-state index is 13.8. The van der Waals surface area contributed by atoms with Crippen molar-refractivity contribution >= 4 is 0 Å². The Morgan fingerprint density at radius 1 is 1.11 bits per heavy atom. The van der Waals surface area contributed by atoms with Crippen LogP contribution < -0.4 is 5.48 Å². The van der Waals surface area contributed by atoms with E-state index in [1.54, 1.807) is 0 Å². The van der Waals surface area contributed by atoms with E-state index in [4.69, 9.17) is 4.84 Å². The fourth-order valence-electron chi connectivity index (χ4n) is 2.28. The molecule has 3 rings (SSSR count). The first-order valence-electron chi connectivity index (χ1n) is 6.17. The lowest BCUT2D eigenvalue weighted by molar-refractivity contribution is 0.0883. The Labute approximate surface area is 110 Å². The van der Waals surface area contributed by atoms with Gasteiger partial charge in [0.05, 0.1) is 12.6 Å². The monoisotopic (exact) mass is 261 g/mol. The minimum Gasteiger partial charge on any atom is -0.301 e. The fraction of sp³-hybridized carbons (Fsp3) is 0.200. The zero-order valence-corrected chi connectivity index (χ0v) is 10.2. The summed E-state index contributed by atoms with van der Waals surface area (Å²) in [6, 6.07) is 11.3. The Bertz CT molecular complexity index is 594. The lowest BCUT2D eigenvalue weighted by atomic mass is 9.98. The summed E-state index contributed by atoms with van der Waals surface area (Å²) in [5, 5.41) is 0. The molecule has 0 aromatic heterocycles. The third-order valence-corrected chi connectivity index (χ3v) is 3.27. The lowest BCUT2D eigenvalue weighted by Gasteiger charge is -2.11. The van der Waals surface area contributed by atoms with Gasteiger partial charge in [0.1, 0.15) is 11.6 Å². The highest BCUT2D eigenvalue weighted by Crippen LogP contribution is 2.28. The summed E-state index contributed by atoms with van der Waals surface area (Å²) in [6.45, 7) is 0.666. The van der Waals surface area contributed by atoms with Crippen LogP contribution in [-0.2, 0) is 4.84 Å². The van der Waals surface area contributed by atoms with Crippen molar-refractivity contribution in [1.82, 2.24) is 5.48 Å². The van der Waals surface area contributed by atoms with Crippen LogP contribution in [0.1, 0.15) is 18.0 Å². The van der Waals surface area contributed by atoms with Crippen LogP contribution in [0.15, 0.2) is 42.5 Å². The van der Waals surface area contributed by atoms with Gasteiger partial charge in [0.2, 0.25) is 0 Å². The molecule has 0 saturated carbocycles. The van der Waals surface area contributed by atoms with Gasteiger partial charge in [0.25, 0.3) is 0 Å². The van der Waals surface area contributed by atoms with E-state index in [-0.39, 0.29) is 6.04 Å². The van der Waals surface area contributed by atoms with Crippen molar-refractivity contribution in [2.45, 2.75) is 12.5 Å². The molecule has 0 unspecified atom stereocenters. The van der Waals surface area contributed by atoms with E-state index in [0.29, 0.717) is 12.2 Å². The number of nitrogens with one attached hydrogen (secondary N) is 1. The molecule has 1 saturated heterocycles. The van der Waals surface area contributed by atoms with Gasteiger partial charge in [-0.1, -0.05) is 18.2 Å². The number of hydrogen-bond donors (Lipinski definition) is 1. The molecule has 98 valence electrons. The summed E-state index contributed by atoms with van der Waals surface area (Å²) < 4.78 is 26.7. The molecule has 1 aliphatic rings. The summed E-state index contributed by atoms with van der Waals surface area (Å²) in [5.41, 5.74) is 5.11. The minimum atomic E-state index is -0.566. The van der Waals surface area contributed by atoms with Crippen LogP contribution in [0, 0.1) is 11.6 Å². The van der Waals surface area contributed by atoms with Crippen LogP contribution in [-0.4, -0.2) is 6.61 Å². The molecule has 19 heavy (non-hydrogen) atoms. The van der Waals surface area contributed by atoms with Crippen molar-refractivity contribution < 1.29 is 13.6 Å². The van der Waals surface area contributed by atoms with E-state index in [0.717, 1.165) is 23.6 Å². The molecule has 2 aromatic carbocycles. The largest absolute Gasteiger partial charge is 0.301 e. The molecule has 2 aromatic rings. The van der Waals surface area contributed by atoms with E-state index in [1.807, 2.05) is 24.3 Å². The number of benzene rings is 2. The molecule has 1 fully saturated rings. The van der Waals surface area contributed by atoms with Crippen LogP contribution in [0.2, 0.25) is 0 Å². The maximum Gasteiger partial charge on any atom is 0.133 e. The molecule has 0 amide bonds. The topological polar surface area (TPSA) is 21.3 Å². The first-order chi connectivity index (χ1) is 9.24. The standard InChI is InChI=1S/C15H13F2NO/c16-12-4-5-13(14(17)9-12)10-2-1-3-11(8-10)15-6-7-19-18-15/h1-5,8-9,15,18H,6-7H2/t15-/m1/s1. The van der Waals surface area contributed by atoms with Crippen molar-refractivity contribution in [2.24, 2.45) is 0 Å². The molecule has 1 N–H and O–H groups in total. The predicted octanol–water partition coefficient (Wildman–Crippen LogP) is 3.60. The zero-order chi connectivity index (χ0) is 13.2. The van der Waals surface area contributed by atoms with Gasteiger partial charge in [-0.3, -0.25) is 0 Å². The van der Waals surface area contributed by atoms with Crippen LogP contribution in [0.25, 0.3) is 11.1 Å². The Kier molecular flexibility index (Phi) is 3.27. The molecule has 0 bridgehead atoms. The Morgan fingerprint density at radius 2 is 2.00 bits per heavy atom. The molecular weight excluding hydrogens is 248 g/mol.